The van der Waals surface area contributed by atoms with Crippen molar-refractivity contribution >= 4 is 29.6 Å². The Kier molecular flexibility index (Phi) is 6.12. The van der Waals surface area contributed by atoms with Gasteiger partial charge in [0.25, 0.3) is 0 Å². The van der Waals surface area contributed by atoms with Crippen LogP contribution in [0.1, 0.15) is 65.2 Å². The zero-order valence-corrected chi connectivity index (χ0v) is 17.8. The van der Waals surface area contributed by atoms with Gasteiger partial charge < -0.3 is 15.8 Å². The van der Waals surface area contributed by atoms with Gasteiger partial charge in [-0.2, -0.15) is 0 Å². The molecule has 0 aromatic carbocycles. The Balaban J connectivity index is 0.00000225. The van der Waals surface area contributed by atoms with Gasteiger partial charge in [-0.25, -0.2) is 0 Å². The topological polar surface area (TPSA) is 97.3 Å². The molecule has 0 aliphatic heterocycles. The van der Waals surface area contributed by atoms with Crippen LogP contribution >= 0.6 is 12.4 Å². The summed E-state index contributed by atoms with van der Waals surface area (Å²) in [6.45, 7) is 5.47. The zero-order valence-electron chi connectivity index (χ0n) is 17.0. The van der Waals surface area contributed by atoms with Crippen LogP contribution in [0.25, 0.3) is 0 Å². The Bertz CT molecular complexity index is 682. The summed E-state index contributed by atoms with van der Waals surface area (Å²) in [5, 5.41) is 17.9. The molecule has 3 N–H and O–H groups in total. The van der Waals surface area contributed by atoms with Gasteiger partial charge in [-0.05, 0) is 68.1 Å². The van der Waals surface area contributed by atoms with E-state index in [1.807, 2.05) is 0 Å². The molecular weight excluding hydrogens is 378 g/mol. The van der Waals surface area contributed by atoms with Crippen molar-refractivity contribution < 1.29 is 14.8 Å². The first-order chi connectivity index (χ1) is 12.9. The minimum absolute atomic E-state index is 0. The number of ketones is 1. The van der Waals surface area contributed by atoms with Crippen molar-refractivity contribution in [3.63, 3.8) is 0 Å². The lowest BCUT2D eigenvalue weighted by atomic mass is 9.45. The van der Waals surface area contributed by atoms with Crippen LogP contribution in [-0.4, -0.2) is 35.6 Å². The molecule has 0 amide bonds. The highest BCUT2D eigenvalue weighted by molar-refractivity contribution is 5.96. The van der Waals surface area contributed by atoms with Crippen LogP contribution in [0.2, 0.25) is 0 Å². The minimum atomic E-state index is -0.151. The van der Waals surface area contributed by atoms with Crippen molar-refractivity contribution in [3.8, 4) is 0 Å². The van der Waals surface area contributed by atoms with E-state index in [0.717, 1.165) is 62.8 Å². The monoisotopic (exact) mass is 411 g/mol. The third-order valence-electron chi connectivity index (χ3n) is 8.56. The summed E-state index contributed by atoms with van der Waals surface area (Å²) in [7, 11) is 0. The number of oxime groups is 2. The molecular formula is C21H34ClN3O3. The number of hydrogen-bond acceptors (Lipinski definition) is 6. The number of Topliss-reactive ketones (excluding diaryl/α,β-unsaturated/α-hetero) is 1. The van der Waals surface area contributed by atoms with Gasteiger partial charge in [0.05, 0.1) is 11.4 Å². The standard InChI is InChI=1S/C21H33N3O3.ClH/c1-20-7-5-13(24-27-10-9-22)11-17(20)18(23-26)12-14-15-3-4-19(25)21(15,2)8-6-16(14)20;/h14-17,26H,3-12,22H2,1-2H3;1H/b23-18+,24-13?;/t14-,15-,16-,17+,20+,21-;/m0./s1. The zero-order chi connectivity index (χ0) is 19.2. The lowest BCUT2D eigenvalue weighted by molar-refractivity contribution is -0.133. The van der Waals surface area contributed by atoms with E-state index in [2.05, 4.69) is 24.2 Å². The lowest BCUT2D eigenvalue weighted by Crippen LogP contribution is -2.56. The third-order valence-corrected chi connectivity index (χ3v) is 8.56. The quantitative estimate of drug-likeness (QED) is 0.419. The predicted octanol–water partition coefficient (Wildman–Crippen LogP) is 3.79. The van der Waals surface area contributed by atoms with E-state index in [1.54, 1.807) is 0 Å². The van der Waals surface area contributed by atoms with Gasteiger partial charge in [0.2, 0.25) is 0 Å². The fraction of sp³-hybridized carbons (Fsp3) is 0.857. The van der Waals surface area contributed by atoms with Crippen LogP contribution < -0.4 is 5.73 Å². The Morgan fingerprint density at radius 3 is 2.68 bits per heavy atom. The Hall–Kier alpha value is -1.14. The Morgan fingerprint density at radius 1 is 1.18 bits per heavy atom. The smallest absolute Gasteiger partial charge is 0.139 e. The number of carbonyl (C=O) groups excluding carboxylic acids is 1. The number of hydrogen-bond donors (Lipinski definition) is 2. The molecule has 4 saturated carbocycles. The van der Waals surface area contributed by atoms with Gasteiger partial charge in [-0.1, -0.05) is 24.2 Å². The van der Waals surface area contributed by atoms with E-state index in [0.29, 0.717) is 36.7 Å². The van der Waals surface area contributed by atoms with Crippen molar-refractivity contribution in [2.24, 2.45) is 50.5 Å². The maximum Gasteiger partial charge on any atom is 0.139 e. The molecule has 6 atom stereocenters. The van der Waals surface area contributed by atoms with Crippen LogP contribution in [0.15, 0.2) is 10.3 Å². The van der Waals surface area contributed by atoms with Gasteiger partial charge in [-0.15, -0.1) is 12.4 Å². The molecule has 7 heteroatoms. The number of nitrogens with two attached hydrogens (primary N) is 1. The molecule has 158 valence electrons. The van der Waals surface area contributed by atoms with E-state index in [-0.39, 0.29) is 29.2 Å². The van der Waals surface area contributed by atoms with E-state index >= 15 is 0 Å². The van der Waals surface area contributed by atoms with Crippen molar-refractivity contribution in [1.29, 1.82) is 0 Å². The van der Waals surface area contributed by atoms with Gasteiger partial charge in [0, 0.05) is 24.3 Å². The van der Waals surface area contributed by atoms with Crippen molar-refractivity contribution in [2.75, 3.05) is 13.2 Å². The summed E-state index contributed by atoms with van der Waals surface area (Å²) in [5.74, 6) is 2.19. The molecule has 0 radical (unpaired) electrons. The molecule has 0 spiro atoms. The number of rotatable bonds is 3. The Labute approximate surface area is 173 Å². The highest BCUT2D eigenvalue weighted by Gasteiger charge is 2.61. The maximum absolute atomic E-state index is 12.6. The first-order valence-corrected chi connectivity index (χ1v) is 10.6. The summed E-state index contributed by atoms with van der Waals surface area (Å²) in [6.07, 6.45) is 7.48. The SMILES string of the molecule is C[C@]12CCC(=NOCCN)C[C@@H]1/C(=N/O)C[C@@H]1[C@@H]2CC[C@]2(C)C(=O)CC[C@@H]12.Cl. The molecule has 0 saturated heterocycles. The summed E-state index contributed by atoms with van der Waals surface area (Å²) in [5.41, 5.74) is 7.41. The van der Waals surface area contributed by atoms with E-state index in [4.69, 9.17) is 10.6 Å². The molecule has 0 aromatic rings. The molecule has 28 heavy (non-hydrogen) atoms. The third kappa shape index (κ3) is 3.17. The van der Waals surface area contributed by atoms with Crippen molar-refractivity contribution in [2.45, 2.75) is 65.2 Å². The molecule has 0 unspecified atom stereocenters. The maximum atomic E-state index is 12.6. The normalized spacial score (nSPS) is 45.2. The highest BCUT2D eigenvalue weighted by atomic mass is 35.5. The van der Waals surface area contributed by atoms with E-state index in [1.165, 1.54) is 0 Å². The molecule has 6 nitrogen and oxygen atoms in total. The predicted molar refractivity (Wildman–Crippen MR) is 111 cm³/mol. The van der Waals surface area contributed by atoms with Crippen LogP contribution in [-0.2, 0) is 9.63 Å². The average Bonchev–Trinajstić information content (AvgIpc) is 2.96. The van der Waals surface area contributed by atoms with Crippen LogP contribution in [0, 0.1) is 34.5 Å². The van der Waals surface area contributed by atoms with E-state index in [9.17, 15) is 10.0 Å². The van der Waals surface area contributed by atoms with E-state index < -0.39 is 0 Å². The number of fused-ring (bicyclic) bond motifs is 5. The summed E-state index contributed by atoms with van der Waals surface area (Å²) in [6, 6.07) is 0. The second-order valence-corrected chi connectivity index (χ2v) is 9.63. The number of halogens is 1. The van der Waals surface area contributed by atoms with Gasteiger partial charge >= 0.3 is 0 Å². The lowest BCUT2D eigenvalue weighted by Gasteiger charge is -2.59. The fourth-order valence-electron chi connectivity index (χ4n) is 7.03. The van der Waals surface area contributed by atoms with Gasteiger partial charge in [0.1, 0.15) is 12.4 Å². The van der Waals surface area contributed by atoms with Crippen molar-refractivity contribution in [1.82, 2.24) is 0 Å². The molecule has 0 bridgehead atoms. The molecule has 4 rings (SSSR count). The average molecular weight is 412 g/mol. The summed E-state index contributed by atoms with van der Waals surface area (Å²) in [4.78, 5) is 17.9. The van der Waals surface area contributed by atoms with Crippen LogP contribution in [0.3, 0.4) is 0 Å². The van der Waals surface area contributed by atoms with Gasteiger partial charge in [0.15, 0.2) is 0 Å². The fourth-order valence-corrected chi connectivity index (χ4v) is 7.03. The number of carbonyl (C=O) groups is 1. The Morgan fingerprint density at radius 2 is 1.96 bits per heavy atom. The molecule has 0 aromatic heterocycles. The summed E-state index contributed by atoms with van der Waals surface area (Å²) < 4.78 is 0. The molecule has 4 fully saturated rings. The molecule has 4 aliphatic rings. The minimum Gasteiger partial charge on any atom is -0.411 e. The number of nitrogens with zero attached hydrogens (tertiary/aromatic N) is 2. The van der Waals surface area contributed by atoms with Crippen molar-refractivity contribution in [3.05, 3.63) is 0 Å². The first kappa shape index (κ1) is 21.6. The van der Waals surface area contributed by atoms with Crippen LogP contribution in [0.5, 0.6) is 0 Å². The summed E-state index contributed by atoms with van der Waals surface area (Å²) >= 11 is 0. The first-order valence-electron chi connectivity index (χ1n) is 10.6. The second-order valence-electron chi connectivity index (χ2n) is 9.63. The van der Waals surface area contributed by atoms with Gasteiger partial charge in [-0.3, -0.25) is 4.79 Å². The highest BCUT2D eigenvalue weighted by Crippen LogP contribution is 2.64. The molecule has 0 heterocycles. The largest absolute Gasteiger partial charge is 0.411 e. The molecule has 4 aliphatic carbocycles. The second kappa shape index (κ2) is 7.94. The van der Waals surface area contributed by atoms with Crippen LogP contribution in [0.4, 0.5) is 0 Å².